The lowest BCUT2D eigenvalue weighted by atomic mass is 9.97. The molecule has 0 aliphatic carbocycles. The molecule has 1 N–H and O–H groups in total. The fourth-order valence-electron chi connectivity index (χ4n) is 2.05. The number of nitrogens with one attached hydrogen (secondary N) is 1. The molecule has 2 rings (SSSR count). The molecule has 0 aliphatic heterocycles. The number of halogens is 3. The van der Waals surface area contributed by atoms with E-state index in [0.29, 0.717) is 15.6 Å². The third-order valence-corrected chi connectivity index (χ3v) is 3.77. The molecule has 100 valence electrons. The number of rotatable bonds is 3. The first-order valence-electron chi connectivity index (χ1n) is 5.92. The van der Waals surface area contributed by atoms with Gasteiger partial charge in [-0.3, -0.25) is 0 Å². The maximum atomic E-state index is 13.7. The molecule has 19 heavy (non-hydrogen) atoms. The van der Waals surface area contributed by atoms with Crippen LogP contribution in [0.15, 0.2) is 36.4 Å². The summed E-state index contributed by atoms with van der Waals surface area (Å²) in [5, 5.41) is 4.25. The first kappa shape index (κ1) is 14.3. The predicted octanol–water partition coefficient (Wildman–Crippen LogP) is 4.75. The normalized spacial score (nSPS) is 12.5. The number of hydrogen-bond acceptors (Lipinski definition) is 1. The van der Waals surface area contributed by atoms with Crippen LogP contribution in [0.5, 0.6) is 0 Å². The van der Waals surface area contributed by atoms with Gasteiger partial charge in [0.2, 0.25) is 0 Å². The average molecular weight is 298 g/mol. The zero-order valence-corrected chi connectivity index (χ0v) is 12.2. The highest BCUT2D eigenvalue weighted by atomic mass is 35.5. The molecule has 1 unspecified atom stereocenters. The van der Waals surface area contributed by atoms with Crippen molar-refractivity contribution in [3.8, 4) is 0 Å². The Morgan fingerprint density at radius 2 is 1.74 bits per heavy atom. The molecule has 0 aromatic heterocycles. The van der Waals surface area contributed by atoms with Gasteiger partial charge in [-0.25, -0.2) is 4.39 Å². The largest absolute Gasteiger partial charge is 0.309 e. The summed E-state index contributed by atoms with van der Waals surface area (Å²) in [6.07, 6.45) is 0. The molecule has 0 bridgehead atoms. The highest BCUT2D eigenvalue weighted by Crippen LogP contribution is 2.34. The predicted molar refractivity (Wildman–Crippen MR) is 78.5 cm³/mol. The Labute approximate surface area is 122 Å². The van der Waals surface area contributed by atoms with Gasteiger partial charge < -0.3 is 5.32 Å². The van der Waals surface area contributed by atoms with Crippen LogP contribution < -0.4 is 5.32 Å². The summed E-state index contributed by atoms with van der Waals surface area (Å²) >= 11 is 12.4. The Kier molecular flexibility index (Phi) is 4.46. The van der Waals surface area contributed by atoms with Crippen LogP contribution in [-0.2, 0) is 0 Å². The first-order chi connectivity index (χ1) is 9.04. The maximum Gasteiger partial charge on any atom is 0.126 e. The monoisotopic (exact) mass is 297 g/mol. The summed E-state index contributed by atoms with van der Waals surface area (Å²) in [5.41, 5.74) is 2.17. The zero-order chi connectivity index (χ0) is 14.0. The minimum atomic E-state index is -0.240. The lowest BCUT2D eigenvalue weighted by Gasteiger charge is -2.20. The van der Waals surface area contributed by atoms with Crippen molar-refractivity contribution >= 4 is 23.2 Å². The topological polar surface area (TPSA) is 12.0 Å². The molecule has 0 spiro atoms. The number of benzene rings is 2. The molecule has 0 saturated carbocycles. The Bertz CT molecular complexity index is 578. The highest BCUT2D eigenvalue weighted by Gasteiger charge is 2.19. The van der Waals surface area contributed by atoms with E-state index in [9.17, 15) is 4.39 Å². The summed E-state index contributed by atoms with van der Waals surface area (Å²) in [5.74, 6) is -0.235. The van der Waals surface area contributed by atoms with Crippen molar-refractivity contribution in [1.82, 2.24) is 5.32 Å². The molecule has 0 fully saturated rings. The minimum Gasteiger partial charge on any atom is -0.309 e. The van der Waals surface area contributed by atoms with Crippen molar-refractivity contribution in [2.75, 3.05) is 7.05 Å². The van der Waals surface area contributed by atoms with Crippen molar-refractivity contribution in [3.63, 3.8) is 0 Å². The van der Waals surface area contributed by atoms with E-state index in [1.165, 1.54) is 6.07 Å². The van der Waals surface area contributed by atoms with Crippen molar-refractivity contribution in [2.45, 2.75) is 13.0 Å². The molecule has 0 radical (unpaired) electrons. The summed E-state index contributed by atoms with van der Waals surface area (Å²) in [4.78, 5) is 0. The molecular formula is C15H14Cl2FN. The van der Waals surface area contributed by atoms with Crippen LogP contribution in [0.25, 0.3) is 0 Å². The van der Waals surface area contributed by atoms with E-state index >= 15 is 0 Å². The van der Waals surface area contributed by atoms with Crippen LogP contribution >= 0.6 is 23.2 Å². The molecule has 0 aliphatic rings. The van der Waals surface area contributed by atoms with Gasteiger partial charge >= 0.3 is 0 Å². The standard InChI is InChI=1S/C15H14Cl2FN/c1-9-6-7-10(8-13(9)18)15(19-2)14-11(16)4-3-5-12(14)17/h3-8,15,19H,1-2H3. The smallest absolute Gasteiger partial charge is 0.126 e. The van der Waals surface area contributed by atoms with Crippen molar-refractivity contribution in [2.24, 2.45) is 0 Å². The van der Waals surface area contributed by atoms with Crippen molar-refractivity contribution < 1.29 is 4.39 Å². The second kappa shape index (κ2) is 5.91. The SMILES string of the molecule is CNC(c1ccc(C)c(F)c1)c1c(Cl)cccc1Cl. The lowest BCUT2D eigenvalue weighted by Crippen LogP contribution is -2.18. The molecule has 1 nitrogen and oxygen atoms in total. The Balaban J connectivity index is 2.53. The second-order valence-corrected chi connectivity index (χ2v) is 5.18. The quantitative estimate of drug-likeness (QED) is 0.862. The van der Waals surface area contributed by atoms with Crippen LogP contribution in [-0.4, -0.2) is 7.05 Å². The average Bonchev–Trinajstić information content (AvgIpc) is 2.37. The second-order valence-electron chi connectivity index (χ2n) is 4.37. The van der Waals surface area contributed by atoms with E-state index in [-0.39, 0.29) is 11.9 Å². The fraction of sp³-hybridized carbons (Fsp3) is 0.200. The lowest BCUT2D eigenvalue weighted by molar-refractivity contribution is 0.608. The van der Waals surface area contributed by atoms with Crippen molar-refractivity contribution in [1.29, 1.82) is 0 Å². The fourth-order valence-corrected chi connectivity index (χ4v) is 2.67. The van der Waals surface area contributed by atoms with Gasteiger partial charge in [0.15, 0.2) is 0 Å². The zero-order valence-electron chi connectivity index (χ0n) is 10.7. The van der Waals surface area contributed by atoms with Gasteiger partial charge in [-0.15, -0.1) is 0 Å². The third-order valence-electron chi connectivity index (χ3n) is 3.11. The summed E-state index contributed by atoms with van der Waals surface area (Å²) < 4.78 is 13.7. The van der Waals surface area contributed by atoms with E-state index in [1.54, 1.807) is 38.2 Å². The van der Waals surface area contributed by atoms with Crippen LogP contribution in [0.1, 0.15) is 22.7 Å². The van der Waals surface area contributed by atoms with Crippen LogP contribution in [0.4, 0.5) is 4.39 Å². The van der Waals surface area contributed by atoms with Gasteiger partial charge in [0.1, 0.15) is 5.82 Å². The van der Waals surface area contributed by atoms with Crippen LogP contribution in [0, 0.1) is 12.7 Å². The first-order valence-corrected chi connectivity index (χ1v) is 6.67. The molecule has 0 heterocycles. The van der Waals surface area contributed by atoms with Gasteiger partial charge in [0, 0.05) is 15.6 Å². The molecule has 4 heteroatoms. The molecule has 2 aromatic carbocycles. The van der Waals surface area contributed by atoms with Crippen LogP contribution in [0.3, 0.4) is 0 Å². The van der Waals surface area contributed by atoms with Gasteiger partial charge in [0.25, 0.3) is 0 Å². The van der Waals surface area contributed by atoms with E-state index < -0.39 is 0 Å². The Morgan fingerprint density at radius 3 is 2.26 bits per heavy atom. The van der Waals surface area contributed by atoms with Gasteiger partial charge in [0.05, 0.1) is 6.04 Å². The highest BCUT2D eigenvalue weighted by molar-refractivity contribution is 6.36. The summed E-state index contributed by atoms with van der Waals surface area (Å²) in [6, 6.07) is 10.2. The third kappa shape index (κ3) is 2.92. The van der Waals surface area contributed by atoms with Crippen molar-refractivity contribution in [3.05, 3.63) is 69.0 Å². The molecule has 0 amide bonds. The molecular weight excluding hydrogens is 284 g/mol. The van der Waals surface area contributed by atoms with E-state index in [2.05, 4.69) is 5.32 Å². The van der Waals surface area contributed by atoms with E-state index in [1.807, 2.05) is 6.07 Å². The van der Waals surface area contributed by atoms with Gasteiger partial charge in [-0.2, -0.15) is 0 Å². The Hall–Kier alpha value is -1.09. The number of hydrogen-bond donors (Lipinski definition) is 1. The molecule has 0 saturated heterocycles. The summed E-state index contributed by atoms with van der Waals surface area (Å²) in [7, 11) is 1.79. The molecule has 2 aromatic rings. The van der Waals surface area contributed by atoms with Crippen LogP contribution in [0.2, 0.25) is 10.0 Å². The Morgan fingerprint density at radius 1 is 1.11 bits per heavy atom. The van der Waals surface area contributed by atoms with Gasteiger partial charge in [-0.05, 0) is 43.3 Å². The maximum absolute atomic E-state index is 13.7. The van der Waals surface area contributed by atoms with Gasteiger partial charge in [-0.1, -0.05) is 41.4 Å². The number of aryl methyl sites for hydroxylation is 1. The van der Waals surface area contributed by atoms with E-state index in [4.69, 9.17) is 23.2 Å². The molecule has 1 atom stereocenters. The minimum absolute atomic E-state index is 0.235. The summed E-state index contributed by atoms with van der Waals surface area (Å²) in [6.45, 7) is 1.73. The van der Waals surface area contributed by atoms with E-state index in [0.717, 1.165) is 11.1 Å².